The van der Waals surface area contributed by atoms with Crippen molar-refractivity contribution in [2.75, 3.05) is 12.4 Å². The first-order valence-electron chi connectivity index (χ1n) is 5.16. The summed E-state index contributed by atoms with van der Waals surface area (Å²) in [7, 11) is 0. The van der Waals surface area contributed by atoms with Crippen LogP contribution < -0.4 is 0 Å². The SMILES string of the molecule is CC(C)OCCSc1ccc(CO)cc1. The zero-order chi connectivity index (χ0) is 11.1. The molecule has 1 N–H and O–H groups in total. The van der Waals surface area contributed by atoms with Crippen LogP contribution in [-0.2, 0) is 11.3 Å². The molecule has 84 valence electrons. The summed E-state index contributed by atoms with van der Waals surface area (Å²) in [5.41, 5.74) is 0.956. The fourth-order valence-corrected chi connectivity index (χ4v) is 1.88. The highest BCUT2D eigenvalue weighted by atomic mass is 32.2. The molecule has 2 nitrogen and oxygen atoms in total. The van der Waals surface area contributed by atoms with E-state index in [1.54, 1.807) is 11.8 Å². The lowest BCUT2D eigenvalue weighted by Crippen LogP contribution is -2.05. The van der Waals surface area contributed by atoms with Crippen LogP contribution in [0.5, 0.6) is 0 Å². The van der Waals surface area contributed by atoms with Crippen molar-refractivity contribution in [3.8, 4) is 0 Å². The third kappa shape index (κ3) is 5.21. The number of aliphatic hydroxyl groups excluding tert-OH is 1. The zero-order valence-corrected chi connectivity index (χ0v) is 10.1. The Labute approximate surface area is 95.7 Å². The van der Waals surface area contributed by atoms with E-state index in [-0.39, 0.29) is 6.61 Å². The van der Waals surface area contributed by atoms with Crippen molar-refractivity contribution in [2.45, 2.75) is 31.5 Å². The van der Waals surface area contributed by atoms with Gasteiger partial charge in [0.25, 0.3) is 0 Å². The summed E-state index contributed by atoms with van der Waals surface area (Å²) >= 11 is 1.77. The second kappa shape index (κ2) is 6.88. The summed E-state index contributed by atoms with van der Waals surface area (Å²) in [6, 6.07) is 7.97. The summed E-state index contributed by atoms with van der Waals surface area (Å²) < 4.78 is 5.45. The highest BCUT2D eigenvalue weighted by molar-refractivity contribution is 7.99. The van der Waals surface area contributed by atoms with Crippen molar-refractivity contribution in [3.05, 3.63) is 29.8 Å². The monoisotopic (exact) mass is 226 g/mol. The van der Waals surface area contributed by atoms with Gasteiger partial charge in [0.2, 0.25) is 0 Å². The fraction of sp³-hybridized carbons (Fsp3) is 0.500. The fourth-order valence-electron chi connectivity index (χ4n) is 1.13. The van der Waals surface area contributed by atoms with E-state index in [0.29, 0.717) is 6.10 Å². The van der Waals surface area contributed by atoms with Crippen molar-refractivity contribution in [3.63, 3.8) is 0 Å². The molecular weight excluding hydrogens is 208 g/mol. The third-order valence-electron chi connectivity index (χ3n) is 1.91. The molecule has 0 saturated carbocycles. The molecule has 0 fully saturated rings. The van der Waals surface area contributed by atoms with Gasteiger partial charge in [0.15, 0.2) is 0 Å². The number of ether oxygens (including phenoxy) is 1. The van der Waals surface area contributed by atoms with Crippen LogP contribution in [0.4, 0.5) is 0 Å². The first kappa shape index (κ1) is 12.6. The summed E-state index contributed by atoms with van der Waals surface area (Å²) in [6.45, 7) is 4.98. The van der Waals surface area contributed by atoms with Gasteiger partial charge in [-0.05, 0) is 31.5 Å². The molecule has 15 heavy (non-hydrogen) atoms. The van der Waals surface area contributed by atoms with E-state index in [1.807, 2.05) is 38.1 Å². The van der Waals surface area contributed by atoms with Crippen LogP contribution in [0.15, 0.2) is 29.2 Å². The van der Waals surface area contributed by atoms with Crippen molar-refractivity contribution in [2.24, 2.45) is 0 Å². The van der Waals surface area contributed by atoms with Gasteiger partial charge in [-0.3, -0.25) is 0 Å². The van der Waals surface area contributed by atoms with E-state index in [4.69, 9.17) is 9.84 Å². The smallest absolute Gasteiger partial charge is 0.0681 e. The third-order valence-corrected chi connectivity index (χ3v) is 2.89. The van der Waals surface area contributed by atoms with Crippen molar-refractivity contribution in [1.82, 2.24) is 0 Å². The van der Waals surface area contributed by atoms with E-state index < -0.39 is 0 Å². The molecule has 0 aromatic heterocycles. The molecule has 0 radical (unpaired) electrons. The molecule has 0 aliphatic heterocycles. The number of aliphatic hydroxyl groups is 1. The topological polar surface area (TPSA) is 29.5 Å². The Morgan fingerprint density at radius 3 is 2.47 bits per heavy atom. The Balaban J connectivity index is 2.25. The number of rotatable bonds is 6. The lowest BCUT2D eigenvalue weighted by Gasteiger charge is -2.07. The predicted molar refractivity (Wildman–Crippen MR) is 64.2 cm³/mol. The van der Waals surface area contributed by atoms with E-state index in [1.165, 1.54) is 4.90 Å². The predicted octanol–water partition coefficient (Wildman–Crippen LogP) is 2.70. The van der Waals surface area contributed by atoms with E-state index in [0.717, 1.165) is 17.9 Å². The molecule has 0 saturated heterocycles. The van der Waals surface area contributed by atoms with E-state index >= 15 is 0 Å². The molecule has 0 bridgehead atoms. The van der Waals surface area contributed by atoms with Crippen molar-refractivity contribution < 1.29 is 9.84 Å². The van der Waals surface area contributed by atoms with Gasteiger partial charge in [0.1, 0.15) is 0 Å². The molecular formula is C12H18O2S. The number of hydrogen-bond acceptors (Lipinski definition) is 3. The molecule has 0 unspecified atom stereocenters. The van der Waals surface area contributed by atoms with Crippen LogP contribution in [0.2, 0.25) is 0 Å². The van der Waals surface area contributed by atoms with Gasteiger partial charge < -0.3 is 9.84 Å². The van der Waals surface area contributed by atoms with Gasteiger partial charge in [-0.25, -0.2) is 0 Å². The average Bonchev–Trinajstić information content (AvgIpc) is 2.25. The number of hydrogen-bond donors (Lipinski definition) is 1. The highest BCUT2D eigenvalue weighted by Gasteiger charge is 1.96. The van der Waals surface area contributed by atoms with Gasteiger partial charge in [-0.2, -0.15) is 0 Å². The van der Waals surface area contributed by atoms with Crippen molar-refractivity contribution in [1.29, 1.82) is 0 Å². The summed E-state index contributed by atoms with van der Waals surface area (Å²) in [6.07, 6.45) is 0.308. The highest BCUT2D eigenvalue weighted by Crippen LogP contribution is 2.18. The van der Waals surface area contributed by atoms with Gasteiger partial charge in [0.05, 0.1) is 19.3 Å². The molecule has 0 spiro atoms. The molecule has 1 aromatic carbocycles. The summed E-state index contributed by atoms with van der Waals surface area (Å²) in [5.74, 6) is 0.969. The van der Waals surface area contributed by atoms with Crippen LogP contribution in [0, 0.1) is 0 Å². The van der Waals surface area contributed by atoms with Crippen LogP contribution in [-0.4, -0.2) is 23.6 Å². The summed E-state index contributed by atoms with van der Waals surface area (Å²) in [5, 5.41) is 8.88. The Bertz CT molecular complexity index is 269. The Morgan fingerprint density at radius 1 is 1.27 bits per heavy atom. The normalized spacial score (nSPS) is 10.9. The molecule has 3 heteroatoms. The first-order valence-corrected chi connectivity index (χ1v) is 6.15. The van der Waals surface area contributed by atoms with Crippen LogP contribution >= 0.6 is 11.8 Å². The molecule has 0 amide bonds. The standard InChI is InChI=1S/C12H18O2S/c1-10(2)14-7-8-15-12-5-3-11(9-13)4-6-12/h3-6,10,13H,7-9H2,1-2H3. The Kier molecular flexibility index (Phi) is 5.76. The molecule has 0 aliphatic carbocycles. The van der Waals surface area contributed by atoms with Gasteiger partial charge in [0, 0.05) is 10.6 Å². The second-order valence-corrected chi connectivity index (χ2v) is 4.74. The minimum Gasteiger partial charge on any atom is -0.392 e. The average molecular weight is 226 g/mol. The minimum atomic E-state index is 0.113. The van der Waals surface area contributed by atoms with Gasteiger partial charge in [-0.1, -0.05) is 12.1 Å². The van der Waals surface area contributed by atoms with Gasteiger partial charge in [-0.15, -0.1) is 11.8 Å². The maximum atomic E-state index is 8.88. The van der Waals surface area contributed by atoms with Crippen LogP contribution in [0.1, 0.15) is 19.4 Å². The van der Waals surface area contributed by atoms with Crippen LogP contribution in [0.25, 0.3) is 0 Å². The Morgan fingerprint density at radius 2 is 1.93 bits per heavy atom. The van der Waals surface area contributed by atoms with E-state index in [9.17, 15) is 0 Å². The van der Waals surface area contributed by atoms with E-state index in [2.05, 4.69) is 0 Å². The zero-order valence-electron chi connectivity index (χ0n) is 9.27. The first-order chi connectivity index (χ1) is 7.22. The quantitative estimate of drug-likeness (QED) is 0.597. The summed E-state index contributed by atoms with van der Waals surface area (Å²) in [4.78, 5) is 1.22. The molecule has 0 heterocycles. The lowest BCUT2D eigenvalue weighted by atomic mass is 10.2. The lowest BCUT2D eigenvalue weighted by molar-refractivity contribution is 0.0920. The molecule has 0 aliphatic rings. The van der Waals surface area contributed by atoms with Crippen molar-refractivity contribution >= 4 is 11.8 Å². The molecule has 0 atom stereocenters. The second-order valence-electron chi connectivity index (χ2n) is 3.57. The molecule has 1 rings (SSSR count). The maximum absolute atomic E-state index is 8.88. The number of benzene rings is 1. The maximum Gasteiger partial charge on any atom is 0.0681 e. The number of thioether (sulfide) groups is 1. The van der Waals surface area contributed by atoms with Gasteiger partial charge >= 0.3 is 0 Å². The largest absolute Gasteiger partial charge is 0.392 e. The minimum absolute atomic E-state index is 0.113. The van der Waals surface area contributed by atoms with Crippen LogP contribution in [0.3, 0.4) is 0 Å². The molecule has 1 aromatic rings. The Hall–Kier alpha value is -0.510.